The lowest BCUT2D eigenvalue weighted by Crippen LogP contribution is -2.19. The van der Waals surface area contributed by atoms with Gasteiger partial charge in [-0.1, -0.05) is 17.8 Å². The fraction of sp³-hybridized carbons (Fsp3) is 0.316. The van der Waals surface area contributed by atoms with Crippen molar-refractivity contribution in [2.24, 2.45) is 0 Å². The van der Waals surface area contributed by atoms with E-state index in [1.54, 1.807) is 6.07 Å². The molecular weight excluding hydrogens is 421 g/mol. The summed E-state index contributed by atoms with van der Waals surface area (Å²) in [5.74, 6) is 0.344. The number of anilines is 2. The van der Waals surface area contributed by atoms with Gasteiger partial charge in [-0.3, -0.25) is 4.79 Å². The smallest absolute Gasteiger partial charge is 0.356 e. The molecule has 0 spiro atoms. The van der Waals surface area contributed by atoms with Gasteiger partial charge in [0.25, 0.3) is 5.91 Å². The third kappa shape index (κ3) is 4.18. The minimum absolute atomic E-state index is 0.0953. The maximum atomic E-state index is 12.9. The number of carbonyl (C=O) groups excluding carboxylic acids is 1. The molecule has 0 bridgehead atoms. The lowest BCUT2D eigenvalue weighted by molar-refractivity contribution is -0.137. The minimum Gasteiger partial charge on any atom is -0.356 e. The summed E-state index contributed by atoms with van der Waals surface area (Å²) in [7, 11) is 0. The molecule has 10 heteroatoms. The van der Waals surface area contributed by atoms with Crippen molar-refractivity contribution < 1.29 is 18.0 Å². The van der Waals surface area contributed by atoms with Crippen molar-refractivity contribution in [2.45, 2.75) is 24.2 Å². The first-order valence-corrected chi connectivity index (χ1v) is 11.0. The normalized spacial score (nSPS) is 14.6. The number of carbonyl (C=O) groups is 1. The second-order valence-corrected chi connectivity index (χ2v) is 8.39. The summed E-state index contributed by atoms with van der Waals surface area (Å²) in [6.07, 6.45) is -0.392. The minimum atomic E-state index is -4.47. The predicted octanol–water partition coefficient (Wildman–Crippen LogP) is 5.28. The molecule has 2 aromatic heterocycles. The van der Waals surface area contributed by atoms with Crippen molar-refractivity contribution in [3.63, 3.8) is 0 Å². The molecule has 3 heterocycles. The Hall–Kier alpha value is -2.33. The maximum absolute atomic E-state index is 12.9. The molecule has 5 nitrogen and oxygen atoms in total. The monoisotopic (exact) mass is 438 g/mol. The lowest BCUT2D eigenvalue weighted by Gasteiger charge is -2.17. The van der Waals surface area contributed by atoms with E-state index in [1.165, 1.54) is 35.2 Å². The SMILES string of the molecule is CSc1nc(N2CCCC2)c2cc(C(=O)Nc3cccc(C(F)(F)F)c3)sc2n1. The maximum Gasteiger partial charge on any atom is 0.416 e. The third-order valence-electron chi connectivity index (χ3n) is 4.61. The first kappa shape index (κ1) is 20.0. The Bertz CT molecular complexity index is 1060. The quantitative estimate of drug-likeness (QED) is 0.443. The lowest BCUT2D eigenvalue weighted by atomic mass is 10.2. The molecular formula is C19H17F3N4OS2. The molecule has 0 atom stereocenters. The van der Waals surface area contributed by atoms with Crippen molar-refractivity contribution >= 4 is 50.7 Å². The van der Waals surface area contributed by atoms with Crippen LogP contribution in [0.2, 0.25) is 0 Å². The van der Waals surface area contributed by atoms with Crippen LogP contribution in [-0.2, 0) is 6.18 Å². The number of hydrogen-bond acceptors (Lipinski definition) is 6. The number of aromatic nitrogens is 2. The van der Waals surface area contributed by atoms with Crippen LogP contribution in [0.15, 0.2) is 35.5 Å². The van der Waals surface area contributed by atoms with E-state index in [2.05, 4.69) is 20.2 Å². The molecule has 4 rings (SSSR count). The highest BCUT2D eigenvalue weighted by Crippen LogP contribution is 2.35. The zero-order valence-corrected chi connectivity index (χ0v) is 17.0. The van der Waals surface area contributed by atoms with Crippen molar-refractivity contribution in [3.8, 4) is 0 Å². The molecule has 0 saturated carbocycles. The Kier molecular flexibility index (Phi) is 5.39. The Morgan fingerprint density at radius 1 is 1.21 bits per heavy atom. The van der Waals surface area contributed by atoms with E-state index in [0.717, 1.165) is 49.3 Å². The molecule has 3 aromatic rings. The molecule has 0 unspecified atom stereocenters. The number of rotatable bonds is 4. The van der Waals surface area contributed by atoms with Crippen LogP contribution >= 0.6 is 23.1 Å². The number of amides is 1. The van der Waals surface area contributed by atoms with E-state index in [-0.39, 0.29) is 5.69 Å². The van der Waals surface area contributed by atoms with E-state index in [1.807, 2.05) is 6.26 Å². The molecule has 1 aliphatic rings. The van der Waals surface area contributed by atoms with Gasteiger partial charge in [0.05, 0.1) is 15.8 Å². The third-order valence-corrected chi connectivity index (χ3v) is 6.19. The highest BCUT2D eigenvalue weighted by Gasteiger charge is 2.30. The standard InChI is InChI=1S/C19H17F3N4OS2/c1-28-18-24-15(26-7-2-3-8-26)13-10-14(29-17(13)25-18)16(27)23-12-6-4-5-11(9-12)19(20,21)22/h4-6,9-10H,2-3,7-8H2,1H3,(H,23,27). The fourth-order valence-corrected chi connectivity index (χ4v) is 4.57. The van der Waals surface area contributed by atoms with Crippen LogP contribution in [0.25, 0.3) is 10.2 Å². The van der Waals surface area contributed by atoms with Gasteiger partial charge < -0.3 is 10.2 Å². The largest absolute Gasteiger partial charge is 0.416 e. The molecule has 0 aliphatic carbocycles. The van der Waals surface area contributed by atoms with Gasteiger partial charge in [0, 0.05) is 18.8 Å². The zero-order valence-electron chi connectivity index (χ0n) is 15.4. The number of thiophene rings is 1. The molecule has 1 aliphatic heterocycles. The number of thioether (sulfide) groups is 1. The van der Waals surface area contributed by atoms with Crippen LogP contribution in [0, 0.1) is 0 Å². The summed E-state index contributed by atoms with van der Waals surface area (Å²) in [6, 6.07) is 6.32. The summed E-state index contributed by atoms with van der Waals surface area (Å²) < 4.78 is 38.7. The van der Waals surface area contributed by atoms with E-state index in [0.29, 0.717) is 14.9 Å². The van der Waals surface area contributed by atoms with Gasteiger partial charge in [-0.05, 0) is 43.4 Å². The molecule has 1 saturated heterocycles. The van der Waals surface area contributed by atoms with Gasteiger partial charge in [0.15, 0.2) is 5.16 Å². The number of halogens is 3. The van der Waals surface area contributed by atoms with Gasteiger partial charge in [0.2, 0.25) is 0 Å². The first-order valence-electron chi connectivity index (χ1n) is 8.94. The number of alkyl halides is 3. The highest BCUT2D eigenvalue weighted by atomic mass is 32.2. The number of hydrogen-bond donors (Lipinski definition) is 1. The van der Waals surface area contributed by atoms with E-state index < -0.39 is 17.6 Å². The molecule has 152 valence electrons. The molecule has 0 radical (unpaired) electrons. The Labute approximate surface area is 173 Å². The van der Waals surface area contributed by atoms with Crippen LogP contribution in [-0.4, -0.2) is 35.2 Å². The number of nitrogens with one attached hydrogen (secondary N) is 1. The van der Waals surface area contributed by atoms with E-state index in [4.69, 9.17) is 0 Å². The predicted molar refractivity (Wildman–Crippen MR) is 110 cm³/mol. The van der Waals surface area contributed by atoms with E-state index in [9.17, 15) is 18.0 Å². The summed E-state index contributed by atoms with van der Waals surface area (Å²) in [5.41, 5.74) is -0.712. The zero-order chi connectivity index (χ0) is 20.6. The molecule has 29 heavy (non-hydrogen) atoms. The summed E-state index contributed by atoms with van der Waals surface area (Å²) in [6.45, 7) is 1.81. The Morgan fingerprint density at radius 2 is 1.97 bits per heavy atom. The van der Waals surface area contributed by atoms with Crippen molar-refractivity contribution in [2.75, 3.05) is 29.6 Å². The first-order chi connectivity index (χ1) is 13.8. The molecule has 1 N–H and O–H groups in total. The van der Waals surface area contributed by atoms with Gasteiger partial charge in [-0.25, -0.2) is 9.97 Å². The van der Waals surface area contributed by atoms with Crippen LogP contribution < -0.4 is 10.2 Å². The average Bonchev–Trinajstić information content (AvgIpc) is 3.36. The Morgan fingerprint density at radius 3 is 2.66 bits per heavy atom. The van der Waals surface area contributed by atoms with Crippen molar-refractivity contribution in [3.05, 3.63) is 40.8 Å². The fourth-order valence-electron chi connectivity index (χ4n) is 3.23. The van der Waals surface area contributed by atoms with Crippen LogP contribution in [0.4, 0.5) is 24.7 Å². The van der Waals surface area contributed by atoms with Crippen molar-refractivity contribution in [1.82, 2.24) is 9.97 Å². The highest BCUT2D eigenvalue weighted by molar-refractivity contribution is 7.98. The van der Waals surface area contributed by atoms with Gasteiger partial charge in [0.1, 0.15) is 10.6 Å². The summed E-state index contributed by atoms with van der Waals surface area (Å²) in [4.78, 5) is 25.1. The van der Waals surface area contributed by atoms with E-state index >= 15 is 0 Å². The topological polar surface area (TPSA) is 58.1 Å². The van der Waals surface area contributed by atoms with Crippen molar-refractivity contribution in [1.29, 1.82) is 0 Å². The van der Waals surface area contributed by atoms with Crippen LogP contribution in [0.1, 0.15) is 28.1 Å². The van der Waals surface area contributed by atoms with Gasteiger partial charge in [-0.2, -0.15) is 13.2 Å². The van der Waals surface area contributed by atoms with Crippen LogP contribution in [0.5, 0.6) is 0 Å². The summed E-state index contributed by atoms with van der Waals surface area (Å²) >= 11 is 2.64. The average molecular weight is 439 g/mol. The van der Waals surface area contributed by atoms with Gasteiger partial charge in [-0.15, -0.1) is 11.3 Å². The number of benzene rings is 1. The van der Waals surface area contributed by atoms with Crippen LogP contribution in [0.3, 0.4) is 0 Å². The number of nitrogens with zero attached hydrogens (tertiary/aromatic N) is 3. The molecule has 1 amide bonds. The second kappa shape index (κ2) is 7.83. The second-order valence-electron chi connectivity index (χ2n) is 6.59. The Balaban J connectivity index is 1.66. The summed E-state index contributed by atoms with van der Waals surface area (Å²) in [5, 5.41) is 3.98. The molecule has 1 fully saturated rings. The molecule has 1 aromatic carbocycles. The van der Waals surface area contributed by atoms with Gasteiger partial charge >= 0.3 is 6.18 Å². The number of fused-ring (bicyclic) bond motifs is 1.